The van der Waals surface area contributed by atoms with Crippen LogP contribution in [0.3, 0.4) is 0 Å². The Morgan fingerprint density at radius 1 is 1.10 bits per heavy atom. The number of ether oxygens (including phenoxy) is 2. The molecule has 1 aliphatic heterocycles. The summed E-state index contributed by atoms with van der Waals surface area (Å²) in [7, 11) is 1.71. The van der Waals surface area contributed by atoms with Crippen LogP contribution in [-0.2, 0) is 6.42 Å². The number of hydrogen-bond donors (Lipinski definition) is 1. The minimum Gasteiger partial charge on any atom is -0.493 e. The third-order valence-electron chi connectivity index (χ3n) is 4.47. The summed E-state index contributed by atoms with van der Waals surface area (Å²) >= 11 is 0. The molecule has 1 aromatic rings. The highest BCUT2D eigenvalue weighted by molar-refractivity contribution is 5.43. The van der Waals surface area contributed by atoms with Gasteiger partial charge >= 0.3 is 0 Å². The zero-order chi connectivity index (χ0) is 13.8. The van der Waals surface area contributed by atoms with Gasteiger partial charge in [0.25, 0.3) is 0 Å². The third-order valence-corrected chi connectivity index (χ3v) is 4.47. The minimum atomic E-state index is 0.395. The topological polar surface area (TPSA) is 30.5 Å². The van der Waals surface area contributed by atoms with Crippen molar-refractivity contribution in [2.75, 3.05) is 13.7 Å². The third kappa shape index (κ3) is 3.26. The summed E-state index contributed by atoms with van der Waals surface area (Å²) in [6.07, 6.45) is 9.07. The van der Waals surface area contributed by atoms with Crippen molar-refractivity contribution in [2.45, 2.75) is 57.1 Å². The van der Waals surface area contributed by atoms with Gasteiger partial charge in [-0.3, -0.25) is 0 Å². The highest BCUT2D eigenvalue weighted by Crippen LogP contribution is 2.33. The molecule has 2 fully saturated rings. The molecule has 1 saturated carbocycles. The normalized spacial score (nSPS) is 23.1. The summed E-state index contributed by atoms with van der Waals surface area (Å²) in [5, 5.41) is 3.61. The van der Waals surface area contributed by atoms with E-state index in [1.807, 2.05) is 6.07 Å². The Morgan fingerprint density at radius 2 is 2.00 bits per heavy atom. The molecule has 1 unspecified atom stereocenters. The average Bonchev–Trinajstić information content (AvgIpc) is 2.44. The molecule has 0 amide bonds. The fraction of sp³-hybridized carbons (Fsp3) is 0.647. The van der Waals surface area contributed by atoms with Crippen LogP contribution < -0.4 is 14.8 Å². The van der Waals surface area contributed by atoms with Gasteiger partial charge in [0.15, 0.2) is 11.5 Å². The van der Waals surface area contributed by atoms with Crippen LogP contribution in [0.15, 0.2) is 18.2 Å². The van der Waals surface area contributed by atoms with Crippen LogP contribution in [0.1, 0.15) is 44.1 Å². The Bertz CT molecular complexity index is 437. The summed E-state index contributed by atoms with van der Waals surface area (Å²) in [6.45, 7) is 1.16. The fourth-order valence-corrected chi connectivity index (χ4v) is 2.99. The van der Waals surface area contributed by atoms with Crippen LogP contribution in [0.2, 0.25) is 0 Å². The number of hydrogen-bond acceptors (Lipinski definition) is 3. The van der Waals surface area contributed by atoms with Crippen LogP contribution in [0.25, 0.3) is 0 Å². The highest BCUT2D eigenvalue weighted by Gasteiger charge is 2.21. The van der Waals surface area contributed by atoms with Crippen LogP contribution in [-0.4, -0.2) is 25.8 Å². The molecule has 1 heterocycles. The van der Waals surface area contributed by atoms with E-state index in [1.54, 1.807) is 7.11 Å². The molecule has 0 radical (unpaired) electrons. The van der Waals surface area contributed by atoms with Gasteiger partial charge in [-0.25, -0.2) is 0 Å². The van der Waals surface area contributed by atoms with Gasteiger partial charge in [-0.15, -0.1) is 0 Å². The van der Waals surface area contributed by atoms with Crippen molar-refractivity contribution in [3.05, 3.63) is 23.8 Å². The second kappa shape index (κ2) is 6.49. The van der Waals surface area contributed by atoms with Crippen molar-refractivity contribution in [3.63, 3.8) is 0 Å². The maximum Gasteiger partial charge on any atom is 0.161 e. The lowest BCUT2D eigenvalue weighted by Crippen LogP contribution is -2.35. The van der Waals surface area contributed by atoms with Crippen LogP contribution in [0.4, 0.5) is 0 Å². The van der Waals surface area contributed by atoms with Crippen molar-refractivity contribution in [2.24, 2.45) is 0 Å². The first-order valence-electron chi connectivity index (χ1n) is 7.92. The van der Waals surface area contributed by atoms with E-state index in [0.717, 1.165) is 24.5 Å². The lowest BCUT2D eigenvalue weighted by Gasteiger charge is -2.28. The standard InChI is InChI=1S/C17H25NO2/c1-19-16-9-8-13(11-14-5-2-3-10-18-14)12-17(16)20-15-6-4-7-15/h8-9,12,14-15,18H,2-7,10-11H2,1H3. The van der Waals surface area contributed by atoms with Gasteiger partial charge in [0.05, 0.1) is 13.2 Å². The first-order chi connectivity index (χ1) is 9.85. The maximum atomic E-state index is 6.06. The summed E-state index contributed by atoms with van der Waals surface area (Å²) < 4.78 is 11.5. The molecule has 0 spiro atoms. The molecule has 0 bridgehead atoms. The van der Waals surface area contributed by atoms with Gasteiger partial charge in [-0.2, -0.15) is 0 Å². The van der Waals surface area contributed by atoms with E-state index in [9.17, 15) is 0 Å². The molecule has 2 aliphatic rings. The van der Waals surface area contributed by atoms with Crippen molar-refractivity contribution < 1.29 is 9.47 Å². The lowest BCUT2D eigenvalue weighted by molar-refractivity contribution is 0.116. The average molecular weight is 275 g/mol. The number of rotatable bonds is 5. The van der Waals surface area contributed by atoms with E-state index in [1.165, 1.54) is 44.1 Å². The highest BCUT2D eigenvalue weighted by atomic mass is 16.5. The zero-order valence-corrected chi connectivity index (χ0v) is 12.4. The summed E-state index contributed by atoms with van der Waals surface area (Å²) in [5.74, 6) is 1.78. The Kier molecular flexibility index (Phi) is 4.46. The van der Waals surface area contributed by atoms with E-state index >= 15 is 0 Å². The number of methoxy groups -OCH3 is 1. The molecular formula is C17H25NO2. The molecule has 3 nitrogen and oxygen atoms in total. The van der Waals surface area contributed by atoms with Gasteiger partial charge in [-0.1, -0.05) is 12.5 Å². The van der Waals surface area contributed by atoms with Crippen LogP contribution in [0.5, 0.6) is 11.5 Å². The van der Waals surface area contributed by atoms with Gasteiger partial charge < -0.3 is 14.8 Å². The van der Waals surface area contributed by atoms with Gasteiger partial charge in [0, 0.05) is 6.04 Å². The molecule has 0 aromatic heterocycles. The van der Waals surface area contributed by atoms with Crippen molar-refractivity contribution >= 4 is 0 Å². The molecule has 20 heavy (non-hydrogen) atoms. The quantitative estimate of drug-likeness (QED) is 0.894. The maximum absolute atomic E-state index is 6.06. The smallest absolute Gasteiger partial charge is 0.161 e. The van der Waals surface area contributed by atoms with E-state index in [-0.39, 0.29) is 0 Å². The summed E-state index contributed by atoms with van der Waals surface area (Å²) in [6, 6.07) is 7.01. The molecule has 1 saturated heterocycles. The molecule has 1 aliphatic carbocycles. The molecule has 3 heteroatoms. The molecular weight excluding hydrogens is 250 g/mol. The van der Waals surface area contributed by atoms with Gasteiger partial charge in [-0.05, 0) is 62.8 Å². The van der Waals surface area contributed by atoms with Gasteiger partial charge in [0.1, 0.15) is 0 Å². The molecule has 3 rings (SSSR count). The Balaban J connectivity index is 1.68. The Hall–Kier alpha value is -1.22. The fourth-order valence-electron chi connectivity index (χ4n) is 2.99. The molecule has 110 valence electrons. The predicted molar refractivity (Wildman–Crippen MR) is 80.6 cm³/mol. The van der Waals surface area contributed by atoms with Gasteiger partial charge in [0.2, 0.25) is 0 Å². The Labute approximate surface area is 121 Å². The number of piperidine rings is 1. The molecule has 1 atom stereocenters. The number of benzene rings is 1. The monoisotopic (exact) mass is 275 g/mol. The van der Waals surface area contributed by atoms with Crippen molar-refractivity contribution in [1.29, 1.82) is 0 Å². The largest absolute Gasteiger partial charge is 0.493 e. The predicted octanol–water partition coefficient (Wildman–Crippen LogP) is 3.31. The van der Waals surface area contributed by atoms with E-state index < -0.39 is 0 Å². The summed E-state index contributed by atoms with van der Waals surface area (Å²) in [5.41, 5.74) is 1.35. The molecule has 1 aromatic carbocycles. The van der Waals surface area contributed by atoms with E-state index in [2.05, 4.69) is 17.4 Å². The first-order valence-corrected chi connectivity index (χ1v) is 7.92. The van der Waals surface area contributed by atoms with Crippen LogP contribution >= 0.6 is 0 Å². The second-order valence-electron chi connectivity index (χ2n) is 6.01. The van der Waals surface area contributed by atoms with Crippen LogP contribution in [0, 0.1) is 0 Å². The van der Waals surface area contributed by atoms with E-state index in [4.69, 9.17) is 9.47 Å². The van der Waals surface area contributed by atoms with Crippen molar-refractivity contribution in [1.82, 2.24) is 5.32 Å². The summed E-state index contributed by atoms with van der Waals surface area (Å²) in [4.78, 5) is 0. The minimum absolute atomic E-state index is 0.395. The first kappa shape index (κ1) is 13.7. The Morgan fingerprint density at radius 3 is 2.65 bits per heavy atom. The van der Waals surface area contributed by atoms with E-state index in [0.29, 0.717) is 12.1 Å². The van der Waals surface area contributed by atoms with Crippen molar-refractivity contribution in [3.8, 4) is 11.5 Å². The molecule has 1 N–H and O–H groups in total. The SMILES string of the molecule is COc1ccc(CC2CCCCN2)cc1OC1CCC1. The lowest BCUT2D eigenvalue weighted by atomic mass is 9.95. The second-order valence-corrected chi connectivity index (χ2v) is 6.01. The number of nitrogens with one attached hydrogen (secondary N) is 1. The zero-order valence-electron chi connectivity index (χ0n) is 12.4.